The van der Waals surface area contributed by atoms with Crippen LogP contribution in [0.1, 0.15) is 41.2 Å². The van der Waals surface area contributed by atoms with E-state index in [1.54, 1.807) is 24.3 Å². The predicted molar refractivity (Wildman–Crippen MR) is 94.9 cm³/mol. The zero-order chi connectivity index (χ0) is 19.3. The van der Waals surface area contributed by atoms with Gasteiger partial charge in [-0.05, 0) is 38.0 Å². The van der Waals surface area contributed by atoms with E-state index in [-0.39, 0.29) is 11.8 Å². The van der Waals surface area contributed by atoms with Crippen LogP contribution < -0.4 is 10.1 Å². The number of aryl methyl sites for hydroxylation is 2. The number of carbonyl (C=O) groups excluding carboxylic acids is 2. The molecule has 0 spiro atoms. The van der Waals surface area contributed by atoms with E-state index in [0.717, 1.165) is 11.3 Å². The van der Waals surface area contributed by atoms with Crippen LogP contribution in [0.5, 0.6) is 5.75 Å². The Morgan fingerprint density at radius 1 is 1.27 bits per heavy atom. The maximum atomic E-state index is 12.5. The molecule has 0 aliphatic heterocycles. The molecule has 140 valence electrons. The highest BCUT2D eigenvalue weighted by molar-refractivity contribution is 5.97. The number of hydrogen-bond donors (Lipinski definition) is 1. The van der Waals surface area contributed by atoms with Crippen molar-refractivity contribution in [2.75, 3.05) is 7.11 Å². The fourth-order valence-electron chi connectivity index (χ4n) is 2.44. The van der Waals surface area contributed by atoms with Crippen LogP contribution >= 0.6 is 0 Å². The minimum Gasteiger partial charge on any atom is -0.489 e. The molecular weight excluding hydrogens is 336 g/mol. The van der Waals surface area contributed by atoms with Crippen LogP contribution in [-0.4, -0.2) is 30.2 Å². The third-order valence-corrected chi connectivity index (χ3v) is 4.07. The van der Waals surface area contributed by atoms with E-state index in [4.69, 9.17) is 14.0 Å². The fraction of sp³-hybridized carbons (Fsp3) is 0.421. The monoisotopic (exact) mass is 360 g/mol. The SMILES string of the molecule is COC(=O)C(NC(=O)c1cccc(OCc2c(C)noc2C)c1)C(C)C. The Morgan fingerprint density at radius 2 is 2.00 bits per heavy atom. The third kappa shape index (κ3) is 4.62. The molecule has 1 unspecified atom stereocenters. The summed E-state index contributed by atoms with van der Waals surface area (Å²) in [4.78, 5) is 24.3. The summed E-state index contributed by atoms with van der Waals surface area (Å²) < 4.78 is 15.6. The normalized spacial score (nSPS) is 11.9. The van der Waals surface area contributed by atoms with Gasteiger partial charge in [-0.2, -0.15) is 0 Å². The van der Waals surface area contributed by atoms with Gasteiger partial charge in [0, 0.05) is 5.56 Å². The molecule has 0 aliphatic rings. The molecule has 7 nitrogen and oxygen atoms in total. The van der Waals surface area contributed by atoms with Gasteiger partial charge in [-0.25, -0.2) is 4.79 Å². The molecule has 1 aromatic heterocycles. The van der Waals surface area contributed by atoms with Crippen molar-refractivity contribution < 1.29 is 23.6 Å². The lowest BCUT2D eigenvalue weighted by Gasteiger charge is -2.20. The van der Waals surface area contributed by atoms with Crippen molar-refractivity contribution in [2.24, 2.45) is 5.92 Å². The molecule has 0 fully saturated rings. The second-order valence-corrected chi connectivity index (χ2v) is 6.34. The summed E-state index contributed by atoms with van der Waals surface area (Å²) in [5.74, 6) is 0.312. The fourth-order valence-corrected chi connectivity index (χ4v) is 2.44. The number of methoxy groups -OCH3 is 1. The van der Waals surface area contributed by atoms with E-state index in [9.17, 15) is 9.59 Å². The molecule has 7 heteroatoms. The minimum atomic E-state index is -0.709. The Morgan fingerprint density at radius 3 is 2.58 bits per heavy atom. The first kappa shape index (κ1) is 19.5. The van der Waals surface area contributed by atoms with Crippen LogP contribution in [0.25, 0.3) is 0 Å². The summed E-state index contributed by atoms with van der Waals surface area (Å²) in [7, 11) is 1.30. The zero-order valence-electron chi connectivity index (χ0n) is 15.7. The van der Waals surface area contributed by atoms with Crippen molar-refractivity contribution in [2.45, 2.75) is 40.3 Å². The maximum Gasteiger partial charge on any atom is 0.328 e. The van der Waals surface area contributed by atoms with Gasteiger partial charge in [0.25, 0.3) is 5.91 Å². The van der Waals surface area contributed by atoms with Gasteiger partial charge >= 0.3 is 5.97 Å². The first-order valence-corrected chi connectivity index (χ1v) is 8.36. The lowest BCUT2D eigenvalue weighted by molar-refractivity contribution is -0.144. The summed E-state index contributed by atoms with van der Waals surface area (Å²) >= 11 is 0. The van der Waals surface area contributed by atoms with Gasteiger partial charge in [0.1, 0.15) is 24.2 Å². The highest BCUT2D eigenvalue weighted by Gasteiger charge is 2.25. The Kier molecular flexibility index (Phi) is 6.38. The van der Waals surface area contributed by atoms with Crippen molar-refractivity contribution in [1.82, 2.24) is 10.5 Å². The standard InChI is InChI=1S/C19H24N2O5/c1-11(2)17(19(23)24-5)20-18(22)14-7-6-8-15(9-14)25-10-16-12(3)21-26-13(16)4/h6-9,11,17H,10H2,1-5H3,(H,20,22). The Balaban J connectivity index is 2.08. The molecule has 1 aromatic carbocycles. The number of nitrogens with zero attached hydrogens (tertiary/aromatic N) is 1. The van der Waals surface area contributed by atoms with Gasteiger partial charge < -0.3 is 19.3 Å². The molecule has 0 bridgehead atoms. The van der Waals surface area contributed by atoms with E-state index >= 15 is 0 Å². The minimum absolute atomic E-state index is 0.0922. The van der Waals surface area contributed by atoms with Gasteiger partial charge in [0.2, 0.25) is 0 Å². The summed E-state index contributed by atoms with van der Waals surface area (Å²) in [6.07, 6.45) is 0. The van der Waals surface area contributed by atoms with Gasteiger partial charge in [0.15, 0.2) is 0 Å². The number of amides is 1. The number of esters is 1. The van der Waals surface area contributed by atoms with Crippen molar-refractivity contribution in [3.05, 3.63) is 46.8 Å². The number of rotatable bonds is 7. The van der Waals surface area contributed by atoms with Gasteiger partial charge in [-0.1, -0.05) is 25.1 Å². The van der Waals surface area contributed by atoms with Gasteiger partial charge in [-0.3, -0.25) is 4.79 Å². The van der Waals surface area contributed by atoms with E-state index < -0.39 is 12.0 Å². The Bertz CT molecular complexity index is 762. The molecule has 2 rings (SSSR count). The number of hydrogen-bond acceptors (Lipinski definition) is 6. The first-order valence-electron chi connectivity index (χ1n) is 8.36. The molecule has 1 atom stereocenters. The lowest BCUT2D eigenvalue weighted by Crippen LogP contribution is -2.45. The first-order chi connectivity index (χ1) is 12.3. The summed E-state index contributed by atoms with van der Waals surface area (Å²) in [5, 5.41) is 6.59. The second kappa shape index (κ2) is 8.51. The average Bonchev–Trinajstić information content (AvgIpc) is 2.95. The average molecular weight is 360 g/mol. The van der Waals surface area contributed by atoms with E-state index in [2.05, 4.69) is 10.5 Å². The Labute approximate surface area is 152 Å². The van der Waals surface area contributed by atoms with Gasteiger partial charge in [-0.15, -0.1) is 0 Å². The highest BCUT2D eigenvalue weighted by atomic mass is 16.5. The highest BCUT2D eigenvalue weighted by Crippen LogP contribution is 2.19. The number of nitrogens with one attached hydrogen (secondary N) is 1. The molecule has 2 aromatic rings. The smallest absolute Gasteiger partial charge is 0.328 e. The molecule has 0 saturated carbocycles. The number of aromatic nitrogens is 1. The van der Waals surface area contributed by atoms with E-state index in [1.165, 1.54) is 7.11 Å². The van der Waals surface area contributed by atoms with Crippen molar-refractivity contribution in [3.8, 4) is 5.75 Å². The molecule has 0 saturated heterocycles. The van der Waals surface area contributed by atoms with Crippen LogP contribution in [-0.2, 0) is 16.1 Å². The maximum absolute atomic E-state index is 12.5. The topological polar surface area (TPSA) is 90.7 Å². The number of benzene rings is 1. The summed E-state index contributed by atoms with van der Waals surface area (Å²) in [6, 6.07) is 6.06. The number of carbonyl (C=O) groups is 2. The largest absolute Gasteiger partial charge is 0.489 e. The molecule has 26 heavy (non-hydrogen) atoms. The zero-order valence-corrected chi connectivity index (χ0v) is 15.7. The van der Waals surface area contributed by atoms with Crippen LogP contribution in [0, 0.1) is 19.8 Å². The van der Waals surface area contributed by atoms with Gasteiger partial charge in [0.05, 0.1) is 18.4 Å². The van der Waals surface area contributed by atoms with Crippen LogP contribution in [0.2, 0.25) is 0 Å². The predicted octanol–water partition coefficient (Wildman–Crippen LogP) is 2.80. The lowest BCUT2D eigenvalue weighted by atomic mass is 10.0. The third-order valence-electron chi connectivity index (χ3n) is 4.07. The molecule has 1 N–H and O–H groups in total. The molecule has 1 heterocycles. The summed E-state index contributed by atoms with van der Waals surface area (Å²) in [5.41, 5.74) is 2.05. The van der Waals surface area contributed by atoms with Crippen molar-refractivity contribution in [1.29, 1.82) is 0 Å². The second-order valence-electron chi connectivity index (χ2n) is 6.34. The molecule has 0 aliphatic carbocycles. The quantitative estimate of drug-likeness (QED) is 0.764. The molecular formula is C19H24N2O5. The molecule has 0 radical (unpaired) electrons. The number of ether oxygens (including phenoxy) is 2. The molecule has 1 amide bonds. The Hall–Kier alpha value is -2.83. The van der Waals surface area contributed by atoms with E-state index in [1.807, 2.05) is 27.7 Å². The van der Waals surface area contributed by atoms with E-state index in [0.29, 0.717) is 23.7 Å². The summed E-state index contributed by atoms with van der Waals surface area (Å²) in [6.45, 7) is 7.64. The van der Waals surface area contributed by atoms with Crippen molar-refractivity contribution >= 4 is 11.9 Å². The van der Waals surface area contributed by atoms with Crippen LogP contribution in [0.3, 0.4) is 0 Å². The van der Waals surface area contributed by atoms with Crippen LogP contribution in [0.4, 0.5) is 0 Å². The van der Waals surface area contributed by atoms with Crippen molar-refractivity contribution in [3.63, 3.8) is 0 Å². The van der Waals surface area contributed by atoms with Crippen LogP contribution in [0.15, 0.2) is 28.8 Å².